The van der Waals surface area contributed by atoms with Crippen LogP contribution in [-0.4, -0.2) is 11.6 Å². The Morgan fingerprint density at radius 1 is 1.26 bits per heavy atom. The molecule has 0 aliphatic carbocycles. The molecular weight excluding hydrogens is 270 g/mol. The van der Waals surface area contributed by atoms with Crippen LogP contribution >= 0.6 is 11.3 Å². The van der Waals surface area contributed by atoms with Crippen LogP contribution < -0.4 is 10.1 Å². The molecule has 19 heavy (non-hydrogen) atoms. The number of anilines is 1. The monoisotopic (exact) mass is 284 g/mol. The lowest BCUT2D eigenvalue weighted by Crippen LogP contribution is -2.06. The van der Waals surface area contributed by atoms with Crippen LogP contribution in [0, 0.1) is 6.92 Å². The maximum atomic E-state index is 12.0. The molecule has 0 aliphatic rings. The van der Waals surface area contributed by atoms with Gasteiger partial charge in [-0.2, -0.15) is 8.78 Å². The van der Waals surface area contributed by atoms with E-state index < -0.39 is 6.61 Å². The largest absolute Gasteiger partial charge is 0.435 e. The number of rotatable bonds is 5. The van der Waals surface area contributed by atoms with Gasteiger partial charge in [-0.05, 0) is 38.1 Å². The number of benzene rings is 1. The Hall–Kier alpha value is -1.69. The fourth-order valence-corrected chi connectivity index (χ4v) is 2.59. The second-order valence-corrected chi connectivity index (χ2v) is 4.96. The highest BCUT2D eigenvalue weighted by atomic mass is 32.1. The van der Waals surface area contributed by atoms with Gasteiger partial charge < -0.3 is 10.1 Å². The third kappa shape index (κ3) is 3.64. The number of alkyl halides is 2. The first-order valence-electron chi connectivity index (χ1n) is 5.77. The van der Waals surface area contributed by atoms with Crippen LogP contribution in [0.3, 0.4) is 0 Å². The van der Waals surface area contributed by atoms with Crippen LogP contribution in [0.15, 0.2) is 29.8 Å². The van der Waals surface area contributed by atoms with E-state index in [1.54, 1.807) is 23.5 Å². The molecule has 1 N–H and O–H groups in total. The van der Waals surface area contributed by atoms with E-state index in [2.05, 4.69) is 15.0 Å². The third-order valence-electron chi connectivity index (χ3n) is 2.64. The first kappa shape index (κ1) is 13.7. The minimum absolute atomic E-state index is 0.120. The van der Waals surface area contributed by atoms with Crippen molar-refractivity contribution in [3.63, 3.8) is 0 Å². The summed E-state index contributed by atoms with van der Waals surface area (Å²) in [5.41, 5.74) is 3.66. The Labute approximate surface area is 114 Å². The minimum Gasteiger partial charge on any atom is -0.435 e. The zero-order valence-electron chi connectivity index (χ0n) is 10.6. The predicted octanol–water partition coefficient (Wildman–Crippen LogP) is 4.23. The maximum Gasteiger partial charge on any atom is 0.387 e. The number of aryl methyl sites for hydroxylation is 1. The summed E-state index contributed by atoms with van der Waals surface area (Å²) in [7, 11) is 0. The van der Waals surface area contributed by atoms with Crippen molar-refractivity contribution < 1.29 is 13.5 Å². The molecule has 0 saturated heterocycles. The summed E-state index contributed by atoms with van der Waals surface area (Å²) in [5.74, 6) is 0.155. The Morgan fingerprint density at radius 2 is 1.95 bits per heavy atom. The van der Waals surface area contributed by atoms with Crippen LogP contribution in [0.1, 0.15) is 23.5 Å². The molecule has 0 fully saturated rings. The quantitative estimate of drug-likeness (QED) is 0.892. The van der Waals surface area contributed by atoms with Gasteiger partial charge in [-0.3, -0.25) is 0 Å². The average molecular weight is 284 g/mol. The molecule has 1 unspecified atom stereocenters. The molecule has 2 rings (SSSR count). The summed E-state index contributed by atoms with van der Waals surface area (Å²) in [4.78, 5) is 5.36. The van der Waals surface area contributed by atoms with Crippen molar-refractivity contribution in [3.8, 4) is 5.75 Å². The van der Waals surface area contributed by atoms with E-state index >= 15 is 0 Å². The summed E-state index contributed by atoms with van der Waals surface area (Å²) in [6.07, 6.45) is 0. The highest BCUT2D eigenvalue weighted by Gasteiger charge is 2.11. The summed E-state index contributed by atoms with van der Waals surface area (Å²) in [5, 5.41) is 3.29. The van der Waals surface area contributed by atoms with E-state index in [-0.39, 0.29) is 11.8 Å². The van der Waals surface area contributed by atoms with E-state index in [1.165, 1.54) is 12.1 Å². The zero-order chi connectivity index (χ0) is 13.8. The number of aromatic nitrogens is 1. The van der Waals surface area contributed by atoms with Gasteiger partial charge in [0.05, 0.1) is 17.2 Å². The highest BCUT2D eigenvalue weighted by Crippen LogP contribution is 2.26. The molecule has 1 aromatic heterocycles. The molecule has 1 aromatic carbocycles. The Morgan fingerprint density at radius 3 is 2.47 bits per heavy atom. The molecule has 0 bridgehead atoms. The standard InChI is InChI=1S/C13H14F2N2OS/c1-8-12(19-7-16-8)9(2)17-10-3-5-11(6-4-10)18-13(14)15/h3-7,9,13,17H,1-2H3. The molecule has 6 heteroatoms. The van der Waals surface area contributed by atoms with E-state index in [1.807, 2.05) is 19.4 Å². The number of ether oxygens (including phenoxy) is 1. The molecule has 0 spiro atoms. The Bertz CT molecular complexity index is 528. The van der Waals surface area contributed by atoms with Crippen LogP contribution in [-0.2, 0) is 0 Å². The second kappa shape index (κ2) is 5.97. The number of halogens is 2. The topological polar surface area (TPSA) is 34.2 Å². The van der Waals surface area contributed by atoms with Gasteiger partial charge >= 0.3 is 6.61 Å². The van der Waals surface area contributed by atoms with Gasteiger partial charge in [0.2, 0.25) is 0 Å². The lowest BCUT2D eigenvalue weighted by Gasteiger charge is -2.14. The van der Waals surface area contributed by atoms with Crippen molar-refractivity contribution in [1.82, 2.24) is 4.98 Å². The molecule has 3 nitrogen and oxygen atoms in total. The van der Waals surface area contributed by atoms with Crippen LogP contribution in [0.4, 0.5) is 14.5 Å². The van der Waals surface area contributed by atoms with E-state index in [0.717, 1.165) is 16.3 Å². The molecule has 102 valence electrons. The Balaban J connectivity index is 2.01. The molecule has 0 saturated carbocycles. The van der Waals surface area contributed by atoms with Crippen molar-refractivity contribution in [2.45, 2.75) is 26.5 Å². The molecule has 1 heterocycles. The molecule has 0 amide bonds. The summed E-state index contributed by atoms with van der Waals surface area (Å²) >= 11 is 1.59. The van der Waals surface area contributed by atoms with Gasteiger partial charge in [0.15, 0.2) is 0 Å². The Kier molecular flexibility index (Phi) is 4.31. The minimum atomic E-state index is -2.79. The number of hydrogen-bond donors (Lipinski definition) is 1. The number of nitrogens with zero attached hydrogens (tertiary/aromatic N) is 1. The van der Waals surface area contributed by atoms with E-state index in [0.29, 0.717) is 0 Å². The fraction of sp³-hybridized carbons (Fsp3) is 0.308. The van der Waals surface area contributed by atoms with Crippen LogP contribution in [0.25, 0.3) is 0 Å². The molecule has 1 atom stereocenters. The fourth-order valence-electron chi connectivity index (χ4n) is 1.77. The molecule has 0 radical (unpaired) electrons. The normalized spacial score (nSPS) is 12.5. The molecule has 0 aliphatic heterocycles. The molecular formula is C13H14F2N2OS. The summed E-state index contributed by atoms with van der Waals surface area (Å²) in [6, 6.07) is 6.57. The lowest BCUT2D eigenvalue weighted by molar-refractivity contribution is -0.0498. The summed E-state index contributed by atoms with van der Waals surface area (Å²) < 4.78 is 28.3. The van der Waals surface area contributed by atoms with Crippen molar-refractivity contribution in [3.05, 3.63) is 40.3 Å². The van der Waals surface area contributed by atoms with Gasteiger partial charge in [0.25, 0.3) is 0 Å². The van der Waals surface area contributed by atoms with Gasteiger partial charge in [-0.25, -0.2) is 4.98 Å². The number of thiazole rings is 1. The zero-order valence-corrected chi connectivity index (χ0v) is 11.4. The highest BCUT2D eigenvalue weighted by molar-refractivity contribution is 7.09. The van der Waals surface area contributed by atoms with Crippen LogP contribution in [0.5, 0.6) is 5.75 Å². The first-order valence-corrected chi connectivity index (χ1v) is 6.65. The average Bonchev–Trinajstić information content (AvgIpc) is 2.77. The first-order chi connectivity index (χ1) is 9.06. The second-order valence-electron chi connectivity index (χ2n) is 4.07. The van der Waals surface area contributed by atoms with Gasteiger partial charge in [0.1, 0.15) is 5.75 Å². The van der Waals surface area contributed by atoms with Crippen molar-refractivity contribution in [1.29, 1.82) is 0 Å². The van der Waals surface area contributed by atoms with Crippen molar-refractivity contribution in [2.75, 3.05) is 5.32 Å². The van der Waals surface area contributed by atoms with Gasteiger partial charge in [0, 0.05) is 10.6 Å². The van der Waals surface area contributed by atoms with Gasteiger partial charge in [-0.1, -0.05) is 0 Å². The maximum absolute atomic E-state index is 12.0. The SMILES string of the molecule is Cc1ncsc1C(C)Nc1ccc(OC(F)F)cc1. The number of hydrogen-bond acceptors (Lipinski definition) is 4. The third-order valence-corrected chi connectivity index (χ3v) is 3.75. The van der Waals surface area contributed by atoms with Crippen molar-refractivity contribution >= 4 is 17.0 Å². The summed E-state index contributed by atoms with van der Waals surface area (Å²) in [6.45, 7) is 1.20. The smallest absolute Gasteiger partial charge is 0.387 e. The number of nitrogens with one attached hydrogen (secondary N) is 1. The lowest BCUT2D eigenvalue weighted by atomic mass is 10.2. The van der Waals surface area contributed by atoms with Crippen LogP contribution in [0.2, 0.25) is 0 Å². The van der Waals surface area contributed by atoms with Crippen molar-refractivity contribution in [2.24, 2.45) is 0 Å². The van der Waals surface area contributed by atoms with E-state index in [4.69, 9.17) is 0 Å². The predicted molar refractivity (Wildman–Crippen MR) is 72.0 cm³/mol. The van der Waals surface area contributed by atoms with Gasteiger partial charge in [-0.15, -0.1) is 11.3 Å². The molecule has 2 aromatic rings. The van der Waals surface area contributed by atoms with E-state index in [9.17, 15) is 8.78 Å².